The Morgan fingerprint density at radius 1 is 1.79 bits per heavy atom. The number of aromatic nitrogens is 2. The molecule has 1 atom stereocenters. The van der Waals surface area contributed by atoms with Crippen molar-refractivity contribution in [3.05, 3.63) is 30.9 Å². The molecule has 1 heterocycles. The van der Waals surface area contributed by atoms with E-state index in [-0.39, 0.29) is 6.04 Å². The van der Waals surface area contributed by atoms with Gasteiger partial charge in [-0.15, -0.1) is 6.58 Å². The average Bonchev–Trinajstić information content (AvgIpc) is 2.67. The van der Waals surface area contributed by atoms with Crippen LogP contribution >= 0.6 is 0 Å². The summed E-state index contributed by atoms with van der Waals surface area (Å²) in [6.07, 6.45) is 5.51. The van der Waals surface area contributed by atoms with Crippen LogP contribution in [0.15, 0.2) is 25.2 Å². The van der Waals surface area contributed by atoms with E-state index < -0.39 is 0 Å². The molecule has 78 valence electrons. The summed E-state index contributed by atoms with van der Waals surface area (Å²) < 4.78 is 2.09. The number of hydrogen-bond acceptors (Lipinski definition) is 3. The van der Waals surface area contributed by atoms with Gasteiger partial charge in [0, 0.05) is 25.8 Å². The second kappa shape index (κ2) is 5.57. The van der Waals surface area contributed by atoms with Crippen LogP contribution in [0.5, 0.6) is 0 Å². The van der Waals surface area contributed by atoms with E-state index >= 15 is 0 Å². The Labute approximate surface area is 84.8 Å². The van der Waals surface area contributed by atoms with Gasteiger partial charge in [-0.3, -0.25) is 0 Å². The van der Waals surface area contributed by atoms with Gasteiger partial charge < -0.3 is 15.6 Å². The molecule has 1 rings (SSSR count). The number of nitrogens with zero attached hydrogens (tertiary/aromatic N) is 2. The largest absolute Gasteiger partial charge is 0.333 e. The summed E-state index contributed by atoms with van der Waals surface area (Å²) in [6, 6.07) is 0.162. The molecule has 14 heavy (non-hydrogen) atoms. The Hall–Kier alpha value is -1.13. The van der Waals surface area contributed by atoms with E-state index in [9.17, 15) is 0 Å². The molecule has 4 nitrogen and oxygen atoms in total. The molecule has 1 unspecified atom stereocenters. The zero-order chi connectivity index (χ0) is 10.4. The number of hydrogen-bond donors (Lipinski definition) is 2. The lowest BCUT2D eigenvalue weighted by atomic mass is 10.2. The standard InChI is InChI=1S/C10H18N4/c1-3-5-13-9(6-11)10-7-12-8-14(10)4-2/h3,7-9,13H,1,4-6,11H2,2H3. The molecule has 0 amide bonds. The molecule has 0 aromatic carbocycles. The second-order valence-electron chi connectivity index (χ2n) is 3.09. The highest BCUT2D eigenvalue weighted by molar-refractivity contribution is 5.06. The highest BCUT2D eigenvalue weighted by Crippen LogP contribution is 2.10. The minimum absolute atomic E-state index is 0.162. The van der Waals surface area contributed by atoms with Crippen molar-refractivity contribution in [2.24, 2.45) is 5.73 Å². The second-order valence-corrected chi connectivity index (χ2v) is 3.09. The first-order valence-electron chi connectivity index (χ1n) is 4.87. The average molecular weight is 194 g/mol. The van der Waals surface area contributed by atoms with Crippen molar-refractivity contribution in [1.29, 1.82) is 0 Å². The summed E-state index contributed by atoms with van der Waals surface area (Å²) >= 11 is 0. The predicted octanol–water partition coefficient (Wildman–Crippen LogP) is 0.678. The summed E-state index contributed by atoms with van der Waals surface area (Å²) in [6.45, 7) is 8.00. The molecule has 0 fully saturated rings. The van der Waals surface area contributed by atoms with Crippen molar-refractivity contribution in [2.75, 3.05) is 13.1 Å². The molecule has 0 saturated carbocycles. The molecule has 0 saturated heterocycles. The molecule has 0 aliphatic heterocycles. The fraction of sp³-hybridized carbons (Fsp3) is 0.500. The summed E-state index contributed by atoms with van der Waals surface area (Å²) in [5, 5.41) is 3.29. The zero-order valence-electron chi connectivity index (χ0n) is 8.61. The monoisotopic (exact) mass is 194 g/mol. The molecular weight excluding hydrogens is 176 g/mol. The third kappa shape index (κ3) is 2.43. The van der Waals surface area contributed by atoms with Gasteiger partial charge in [-0.2, -0.15) is 0 Å². The fourth-order valence-electron chi connectivity index (χ4n) is 1.42. The predicted molar refractivity (Wildman–Crippen MR) is 57.9 cm³/mol. The molecule has 0 bridgehead atoms. The summed E-state index contributed by atoms with van der Waals surface area (Å²) in [7, 11) is 0. The summed E-state index contributed by atoms with van der Waals surface area (Å²) in [5.41, 5.74) is 6.83. The van der Waals surface area contributed by atoms with Crippen molar-refractivity contribution in [2.45, 2.75) is 19.5 Å². The number of aryl methyl sites for hydroxylation is 1. The molecule has 0 aliphatic rings. The summed E-state index contributed by atoms with van der Waals surface area (Å²) in [4.78, 5) is 4.11. The van der Waals surface area contributed by atoms with Crippen molar-refractivity contribution in [3.63, 3.8) is 0 Å². The van der Waals surface area contributed by atoms with Gasteiger partial charge in [-0.1, -0.05) is 6.08 Å². The maximum absolute atomic E-state index is 5.69. The maximum atomic E-state index is 5.69. The van der Waals surface area contributed by atoms with E-state index in [4.69, 9.17) is 5.73 Å². The van der Waals surface area contributed by atoms with Gasteiger partial charge in [0.25, 0.3) is 0 Å². The van der Waals surface area contributed by atoms with Crippen LogP contribution in [-0.2, 0) is 6.54 Å². The number of nitrogens with two attached hydrogens (primary N) is 1. The lowest BCUT2D eigenvalue weighted by molar-refractivity contribution is 0.531. The number of rotatable bonds is 6. The fourth-order valence-corrected chi connectivity index (χ4v) is 1.42. The highest BCUT2D eigenvalue weighted by Gasteiger charge is 2.11. The SMILES string of the molecule is C=CCNC(CN)c1cncn1CC. The maximum Gasteiger partial charge on any atom is 0.0948 e. The smallest absolute Gasteiger partial charge is 0.0948 e. The third-order valence-corrected chi connectivity index (χ3v) is 2.19. The van der Waals surface area contributed by atoms with Crippen molar-refractivity contribution < 1.29 is 0 Å². The minimum Gasteiger partial charge on any atom is -0.333 e. The molecule has 0 aliphatic carbocycles. The van der Waals surface area contributed by atoms with Gasteiger partial charge in [-0.25, -0.2) is 4.98 Å². The molecule has 0 spiro atoms. The van der Waals surface area contributed by atoms with Crippen LogP contribution in [0.3, 0.4) is 0 Å². The Morgan fingerprint density at radius 2 is 2.57 bits per heavy atom. The van der Waals surface area contributed by atoms with Gasteiger partial charge in [0.05, 0.1) is 18.1 Å². The molecule has 4 heteroatoms. The normalized spacial score (nSPS) is 12.7. The van der Waals surface area contributed by atoms with Crippen LogP contribution in [0, 0.1) is 0 Å². The van der Waals surface area contributed by atoms with Crippen molar-refractivity contribution in [3.8, 4) is 0 Å². The third-order valence-electron chi connectivity index (χ3n) is 2.19. The van der Waals surface area contributed by atoms with Crippen LogP contribution in [0.1, 0.15) is 18.7 Å². The molecule has 1 aromatic rings. The Morgan fingerprint density at radius 3 is 3.14 bits per heavy atom. The van der Waals surface area contributed by atoms with E-state index in [0.29, 0.717) is 6.54 Å². The first-order chi connectivity index (χ1) is 6.83. The van der Waals surface area contributed by atoms with Crippen LogP contribution < -0.4 is 11.1 Å². The van der Waals surface area contributed by atoms with Gasteiger partial charge >= 0.3 is 0 Å². The van der Waals surface area contributed by atoms with Crippen molar-refractivity contribution in [1.82, 2.24) is 14.9 Å². The molecule has 3 N–H and O–H groups in total. The first-order valence-corrected chi connectivity index (χ1v) is 4.87. The lowest BCUT2D eigenvalue weighted by Crippen LogP contribution is -2.30. The minimum atomic E-state index is 0.162. The van der Waals surface area contributed by atoms with Crippen LogP contribution in [0.25, 0.3) is 0 Å². The number of nitrogens with one attached hydrogen (secondary N) is 1. The van der Waals surface area contributed by atoms with Crippen LogP contribution in [-0.4, -0.2) is 22.6 Å². The highest BCUT2D eigenvalue weighted by atomic mass is 15.1. The molecule has 1 aromatic heterocycles. The van der Waals surface area contributed by atoms with E-state index in [1.54, 1.807) is 0 Å². The quantitative estimate of drug-likeness (QED) is 0.655. The van der Waals surface area contributed by atoms with E-state index in [0.717, 1.165) is 18.8 Å². The molecule has 0 radical (unpaired) electrons. The van der Waals surface area contributed by atoms with Crippen LogP contribution in [0.4, 0.5) is 0 Å². The van der Waals surface area contributed by atoms with Crippen molar-refractivity contribution >= 4 is 0 Å². The van der Waals surface area contributed by atoms with Gasteiger partial charge in [-0.05, 0) is 6.92 Å². The Kier molecular flexibility index (Phi) is 4.35. The van der Waals surface area contributed by atoms with E-state index in [1.807, 2.05) is 18.6 Å². The van der Waals surface area contributed by atoms with Crippen LogP contribution in [0.2, 0.25) is 0 Å². The summed E-state index contributed by atoms with van der Waals surface area (Å²) in [5.74, 6) is 0. The van der Waals surface area contributed by atoms with Gasteiger partial charge in [0.2, 0.25) is 0 Å². The Bertz CT molecular complexity index is 279. The van der Waals surface area contributed by atoms with E-state index in [2.05, 4.69) is 28.4 Å². The van der Waals surface area contributed by atoms with E-state index in [1.165, 1.54) is 0 Å². The van der Waals surface area contributed by atoms with Gasteiger partial charge in [0.1, 0.15) is 0 Å². The topological polar surface area (TPSA) is 55.9 Å². The molecular formula is C10H18N4. The van der Waals surface area contributed by atoms with Gasteiger partial charge in [0.15, 0.2) is 0 Å². The zero-order valence-corrected chi connectivity index (χ0v) is 8.61. The Balaban J connectivity index is 2.72. The lowest BCUT2D eigenvalue weighted by Gasteiger charge is -2.17. The first kappa shape index (κ1) is 10.9. The number of imidazole rings is 1.